The summed E-state index contributed by atoms with van der Waals surface area (Å²) in [5, 5.41) is 7.30. The summed E-state index contributed by atoms with van der Waals surface area (Å²) in [6.07, 6.45) is 4.08. The number of ether oxygens (including phenoxy) is 1. The van der Waals surface area contributed by atoms with Gasteiger partial charge in [0.2, 0.25) is 0 Å². The first-order chi connectivity index (χ1) is 12.1. The van der Waals surface area contributed by atoms with Crippen LogP contribution in [0.4, 0.5) is 4.39 Å². The Labute approximate surface area is 145 Å². The van der Waals surface area contributed by atoms with Gasteiger partial charge in [0.05, 0.1) is 7.11 Å². The molecule has 2 heterocycles. The summed E-state index contributed by atoms with van der Waals surface area (Å²) < 4.78 is 18.7. The van der Waals surface area contributed by atoms with Gasteiger partial charge in [-0.25, -0.2) is 9.37 Å². The summed E-state index contributed by atoms with van der Waals surface area (Å²) in [4.78, 5) is 18.9. The molecule has 1 unspecified atom stereocenters. The van der Waals surface area contributed by atoms with Gasteiger partial charge in [0.15, 0.2) is 17.4 Å². The van der Waals surface area contributed by atoms with Crippen molar-refractivity contribution >= 4 is 5.91 Å². The largest absolute Gasteiger partial charge is 0.494 e. The van der Waals surface area contributed by atoms with Gasteiger partial charge in [-0.15, -0.1) is 0 Å². The van der Waals surface area contributed by atoms with Crippen LogP contribution in [0.2, 0.25) is 0 Å². The molecule has 0 spiro atoms. The first kappa shape index (κ1) is 16.1. The number of carbonyl (C=O) groups excluding carboxylic acids is 1. The maximum absolute atomic E-state index is 13.8. The van der Waals surface area contributed by atoms with Gasteiger partial charge in [-0.3, -0.25) is 9.89 Å². The van der Waals surface area contributed by atoms with Gasteiger partial charge in [0.25, 0.3) is 5.91 Å². The third kappa shape index (κ3) is 3.36. The Morgan fingerprint density at radius 1 is 1.40 bits per heavy atom. The van der Waals surface area contributed by atoms with E-state index in [1.807, 2.05) is 0 Å². The van der Waals surface area contributed by atoms with Crippen LogP contribution in [-0.4, -0.2) is 46.2 Å². The van der Waals surface area contributed by atoms with Crippen molar-refractivity contribution in [3.05, 3.63) is 41.2 Å². The number of hydrogen-bond donors (Lipinski definition) is 1. The Kier molecular flexibility index (Phi) is 4.15. The lowest BCUT2D eigenvalue weighted by atomic mass is 10.0. The van der Waals surface area contributed by atoms with E-state index in [2.05, 4.69) is 15.2 Å². The number of benzene rings is 1. The molecule has 0 radical (unpaired) electrons. The molecule has 25 heavy (non-hydrogen) atoms. The third-order valence-corrected chi connectivity index (χ3v) is 4.95. The minimum absolute atomic E-state index is 0.139. The van der Waals surface area contributed by atoms with Crippen LogP contribution in [0.3, 0.4) is 0 Å². The number of aromatic amines is 1. The fourth-order valence-electron chi connectivity index (χ4n) is 3.36. The Bertz CT molecular complexity index is 787. The molecule has 2 aromatic rings. The van der Waals surface area contributed by atoms with Crippen LogP contribution in [0, 0.1) is 11.7 Å². The molecule has 2 fully saturated rings. The number of hydrogen-bond acceptors (Lipinski definition) is 4. The van der Waals surface area contributed by atoms with E-state index in [9.17, 15) is 9.18 Å². The van der Waals surface area contributed by atoms with Gasteiger partial charge in [-0.1, -0.05) is 0 Å². The summed E-state index contributed by atoms with van der Waals surface area (Å²) in [7, 11) is 1.41. The summed E-state index contributed by atoms with van der Waals surface area (Å²) >= 11 is 0. The molecule has 1 aliphatic carbocycles. The van der Waals surface area contributed by atoms with Crippen molar-refractivity contribution in [2.24, 2.45) is 5.92 Å². The predicted octanol–water partition coefficient (Wildman–Crippen LogP) is 2.53. The van der Waals surface area contributed by atoms with E-state index in [4.69, 9.17) is 4.74 Å². The van der Waals surface area contributed by atoms with Crippen LogP contribution in [0.15, 0.2) is 18.2 Å². The molecule has 1 N–H and O–H groups in total. The third-order valence-electron chi connectivity index (χ3n) is 4.95. The lowest BCUT2D eigenvalue weighted by Gasteiger charge is -2.16. The normalized spacial score (nSPS) is 20.1. The standard InChI is InChI=1S/C18H21FN4O2/c1-25-15-5-4-13(9-14(15)19)18(24)23-7-6-11(10-23)8-16-20-17(22-21-16)12-2-3-12/h4-5,9,11-12H,2-3,6-8,10H2,1H3,(H,20,21,22). The van der Waals surface area contributed by atoms with Crippen LogP contribution < -0.4 is 4.74 Å². The molecule has 1 aromatic carbocycles. The van der Waals surface area contributed by atoms with Gasteiger partial charge < -0.3 is 9.64 Å². The maximum atomic E-state index is 13.8. The first-order valence-corrected chi connectivity index (χ1v) is 8.68. The molecular weight excluding hydrogens is 323 g/mol. The van der Waals surface area contributed by atoms with Gasteiger partial charge in [-0.05, 0) is 43.4 Å². The quantitative estimate of drug-likeness (QED) is 0.905. The van der Waals surface area contributed by atoms with E-state index in [1.165, 1.54) is 32.1 Å². The highest BCUT2D eigenvalue weighted by Crippen LogP contribution is 2.38. The van der Waals surface area contributed by atoms with Crippen molar-refractivity contribution in [2.75, 3.05) is 20.2 Å². The number of amides is 1. The van der Waals surface area contributed by atoms with E-state index in [0.717, 1.165) is 24.5 Å². The average Bonchev–Trinajstić information content (AvgIpc) is 3.19. The minimum atomic E-state index is -0.515. The maximum Gasteiger partial charge on any atom is 0.253 e. The van der Waals surface area contributed by atoms with Gasteiger partial charge in [-0.2, -0.15) is 5.10 Å². The summed E-state index contributed by atoms with van der Waals surface area (Å²) in [5.74, 6) is 2.21. The van der Waals surface area contributed by atoms with Crippen LogP contribution in [0.1, 0.15) is 47.2 Å². The average molecular weight is 344 g/mol. The summed E-state index contributed by atoms with van der Waals surface area (Å²) in [5.41, 5.74) is 0.356. The number of aromatic nitrogens is 3. The van der Waals surface area contributed by atoms with Gasteiger partial charge in [0.1, 0.15) is 5.82 Å². The van der Waals surface area contributed by atoms with E-state index >= 15 is 0 Å². The molecule has 1 saturated carbocycles. The zero-order valence-electron chi connectivity index (χ0n) is 14.2. The molecule has 0 bridgehead atoms. The fraction of sp³-hybridized carbons (Fsp3) is 0.500. The Morgan fingerprint density at radius 3 is 2.96 bits per heavy atom. The number of carbonyl (C=O) groups is 1. The van der Waals surface area contributed by atoms with Gasteiger partial charge in [0, 0.05) is 31.0 Å². The number of nitrogens with zero attached hydrogens (tertiary/aromatic N) is 3. The number of methoxy groups -OCH3 is 1. The Hall–Kier alpha value is -2.44. The second-order valence-electron chi connectivity index (χ2n) is 6.87. The molecule has 2 aliphatic rings. The highest BCUT2D eigenvalue weighted by molar-refractivity contribution is 5.94. The van der Waals surface area contributed by atoms with E-state index in [1.54, 1.807) is 11.0 Å². The molecule has 1 atom stereocenters. The molecule has 1 aromatic heterocycles. The molecule has 1 saturated heterocycles. The van der Waals surface area contributed by atoms with E-state index in [0.29, 0.717) is 30.5 Å². The molecule has 132 valence electrons. The molecule has 7 heteroatoms. The summed E-state index contributed by atoms with van der Waals surface area (Å²) in [6, 6.07) is 4.34. The van der Waals surface area contributed by atoms with Crippen LogP contribution in [0.25, 0.3) is 0 Å². The van der Waals surface area contributed by atoms with Crippen molar-refractivity contribution in [2.45, 2.75) is 31.6 Å². The Balaban J connectivity index is 1.37. The number of likely N-dealkylation sites (tertiary alicyclic amines) is 1. The van der Waals surface area contributed by atoms with Crippen LogP contribution in [0.5, 0.6) is 5.75 Å². The van der Waals surface area contributed by atoms with Crippen molar-refractivity contribution in [3.8, 4) is 5.75 Å². The Morgan fingerprint density at radius 2 is 2.24 bits per heavy atom. The topological polar surface area (TPSA) is 71.1 Å². The number of rotatable bonds is 5. The molecular formula is C18H21FN4O2. The molecule has 4 rings (SSSR count). The SMILES string of the molecule is COc1ccc(C(=O)N2CCC(Cc3nc(C4CC4)n[nH]3)C2)cc1F. The smallest absolute Gasteiger partial charge is 0.253 e. The molecule has 1 amide bonds. The van der Waals surface area contributed by atoms with Crippen LogP contribution in [-0.2, 0) is 6.42 Å². The van der Waals surface area contributed by atoms with Crippen LogP contribution >= 0.6 is 0 Å². The monoisotopic (exact) mass is 344 g/mol. The fourth-order valence-corrected chi connectivity index (χ4v) is 3.36. The van der Waals surface area contributed by atoms with E-state index in [-0.39, 0.29) is 11.7 Å². The molecule has 1 aliphatic heterocycles. The van der Waals surface area contributed by atoms with Gasteiger partial charge >= 0.3 is 0 Å². The number of nitrogens with one attached hydrogen (secondary N) is 1. The highest BCUT2D eigenvalue weighted by atomic mass is 19.1. The van der Waals surface area contributed by atoms with Crippen molar-refractivity contribution in [3.63, 3.8) is 0 Å². The first-order valence-electron chi connectivity index (χ1n) is 8.68. The minimum Gasteiger partial charge on any atom is -0.494 e. The predicted molar refractivity (Wildman–Crippen MR) is 89.0 cm³/mol. The van der Waals surface area contributed by atoms with E-state index < -0.39 is 5.82 Å². The molecule has 6 nitrogen and oxygen atoms in total. The number of halogens is 1. The lowest BCUT2D eigenvalue weighted by molar-refractivity contribution is 0.0786. The second kappa shape index (κ2) is 6.46. The second-order valence-corrected chi connectivity index (χ2v) is 6.87. The van der Waals surface area contributed by atoms with Crippen molar-refractivity contribution in [1.29, 1.82) is 0 Å². The highest BCUT2D eigenvalue weighted by Gasteiger charge is 2.30. The summed E-state index contributed by atoms with van der Waals surface area (Å²) in [6.45, 7) is 1.34. The van der Waals surface area contributed by atoms with Crippen molar-refractivity contribution < 1.29 is 13.9 Å². The zero-order valence-corrected chi connectivity index (χ0v) is 14.2. The lowest BCUT2D eigenvalue weighted by Crippen LogP contribution is -2.29. The van der Waals surface area contributed by atoms with Crippen molar-refractivity contribution in [1.82, 2.24) is 20.1 Å². The zero-order chi connectivity index (χ0) is 17.4. The number of H-pyrrole nitrogens is 1.